The number of aromatic nitrogens is 1. The maximum atomic E-state index is 13.1. The third-order valence-electron chi connectivity index (χ3n) is 6.52. The standard InChI is InChI=1S/C23H28ClF3N2O/c24-20-9-8-17(15-19(20)23(25,26)27)16-10-13-29(14-11-16)12-4-7-22-18-5-2-1-3-6-21(18)28-30-22/h8-9,15-16H,1-7,10-14H2. The average Bonchev–Trinajstić information content (AvgIpc) is 2.94. The Morgan fingerprint density at radius 1 is 1.10 bits per heavy atom. The molecule has 7 heteroatoms. The van der Waals surface area contributed by atoms with Crippen LogP contribution in [0.1, 0.15) is 72.6 Å². The van der Waals surface area contributed by atoms with Gasteiger partial charge in [-0.3, -0.25) is 0 Å². The molecular formula is C23H28ClF3N2O. The van der Waals surface area contributed by atoms with E-state index in [1.54, 1.807) is 6.07 Å². The zero-order chi connectivity index (χ0) is 21.1. The predicted molar refractivity (Wildman–Crippen MR) is 111 cm³/mol. The monoisotopic (exact) mass is 440 g/mol. The van der Waals surface area contributed by atoms with E-state index in [0.717, 1.165) is 75.2 Å². The number of aryl methyl sites for hydroxylation is 2. The number of benzene rings is 1. The van der Waals surface area contributed by atoms with Gasteiger partial charge in [0.05, 0.1) is 16.3 Å². The van der Waals surface area contributed by atoms with Crippen LogP contribution >= 0.6 is 11.6 Å². The molecule has 1 saturated heterocycles. The second-order valence-corrected chi connectivity index (χ2v) is 8.96. The quantitative estimate of drug-likeness (QED) is 0.502. The van der Waals surface area contributed by atoms with Crippen LogP contribution in [-0.4, -0.2) is 29.7 Å². The minimum absolute atomic E-state index is 0.157. The third kappa shape index (κ3) is 5.02. The van der Waals surface area contributed by atoms with E-state index >= 15 is 0 Å². The number of rotatable bonds is 5. The molecule has 0 amide bonds. The van der Waals surface area contributed by atoms with Gasteiger partial charge in [0.2, 0.25) is 0 Å². The Hall–Kier alpha value is -1.53. The van der Waals surface area contributed by atoms with Crippen molar-refractivity contribution in [3.05, 3.63) is 51.4 Å². The fourth-order valence-corrected chi connectivity index (χ4v) is 5.02. The molecule has 0 saturated carbocycles. The van der Waals surface area contributed by atoms with Crippen molar-refractivity contribution < 1.29 is 17.7 Å². The highest BCUT2D eigenvalue weighted by atomic mass is 35.5. The third-order valence-corrected chi connectivity index (χ3v) is 6.85. The molecule has 4 rings (SSSR count). The molecule has 2 heterocycles. The second-order valence-electron chi connectivity index (χ2n) is 8.55. The van der Waals surface area contributed by atoms with E-state index in [9.17, 15) is 13.2 Å². The van der Waals surface area contributed by atoms with Crippen LogP contribution in [-0.2, 0) is 25.4 Å². The van der Waals surface area contributed by atoms with Crippen LogP contribution in [0.2, 0.25) is 5.02 Å². The van der Waals surface area contributed by atoms with Gasteiger partial charge in [0.15, 0.2) is 0 Å². The van der Waals surface area contributed by atoms with Gasteiger partial charge in [-0.2, -0.15) is 13.2 Å². The number of piperidine rings is 1. The first-order valence-electron chi connectivity index (χ1n) is 11.0. The van der Waals surface area contributed by atoms with Crippen molar-refractivity contribution in [3.63, 3.8) is 0 Å². The summed E-state index contributed by atoms with van der Waals surface area (Å²) in [5.74, 6) is 1.22. The molecular weight excluding hydrogens is 413 g/mol. The molecule has 0 radical (unpaired) electrons. The Morgan fingerprint density at radius 2 is 1.87 bits per heavy atom. The first kappa shape index (κ1) is 21.7. The van der Waals surface area contributed by atoms with Crippen molar-refractivity contribution in [1.82, 2.24) is 10.1 Å². The average molecular weight is 441 g/mol. The lowest BCUT2D eigenvalue weighted by atomic mass is 9.88. The molecule has 1 aromatic heterocycles. The molecule has 0 N–H and O–H groups in total. The molecule has 3 nitrogen and oxygen atoms in total. The fourth-order valence-electron chi connectivity index (χ4n) is 4.80. The van der Waals surface area contributed by atoms with Crippen LogP contribution < -0.4 is 0 Å². The highest BCUT2D eigenvalue weighted by Crippen LogP contribution is 2.38. The first-order chi connectivity index (χ1) is 14.4. The Kier molecular flexibility index (Phi) is 6.73. The molecule has 1 fully saturated rings. The lowest BCUT2D eigenvalue weighted by molar-refractivity contribution is -0.137. The largest absolute Gasteiger partial charge is 0.417 e. The number of alkyl halides is 3. The van der Waals surface area contributed by atoms with Crippen molar-refractivity contribution in [2.75, 3.05) is 19.6 Å². The van der Waals surface area contributed by atoms with Crippen molar-refractivity contribution in [3.8, 4) is 0 Å². The van der Waals surface area contributed by atoms with Gasteiger partial charge in [-0.05, 0) is 88.2 Å². The molecule has 1 aliphatic heterocycles. The lowest BCUT2D eigenvalue weighted by Crippen LogP contribution is -2.34. The number of halogens is 4. The molecule has 0 spiro atoms. The number of fused-ring (bicyclic) bond motifs is 1. The summed E-state index contributed by atoms with van der Waals surface area (Å²) in [5.41, 5.74) is 2.52. The topological polar surface area (TPSA) is 29.3 Å². The Balaban J connectivity index is 1.27. The molecule has 0 atom stereocenters. The highest BCUT2D eigenvalue weighted by molar-refractivity contribution is 6.31. The minimum atomic E-state index is -4.41. The highest BCUT2D eigenvalue weighted by Gasteiger charge is 2.34. The summed E-state index contributed by atoms with van der Waals surface area (Å²) in [4.78, 5) is 2.41. The second kappa shape index (κ2) is 9.31. The summed E-state index contributed by atoms with van der Waals surface area (Å²) >= 11 is 5.76. The Bertz CT molecular complexity index is 857. The van der Waals surface area contributed by atoms with E-state index in [4.69, 9.17) is 16.1 Å². The number of hydrogen-bond acceptors (Lipinski definition) is 3. The summed E-state index contributed by atoms with van der Waals surface area (Å²) < 4.78 is 45.0. The summed E-state index contributed by atoms with van der Waals surface area (Å²) in [6, 6.07) is 4.36. The predicted octanol–water partition coefficient (Wildman–Crippen LogP) is 6.43. The van der Waals surface area contributed by atoms with Crippen LogP contribution in [0.5, 0.6) is 0 Å². The SMILES string of the molecule is FC(F)(F)c1cc(C2CCN(CCCc3onc4c3CCCCC4)CC2)ccc1Cl. The van der Waals surface area contributed by atoms with Crippen molar-refractivity contribution in [1.29, 1.82) is 0 Å². The lowest BCUT2D eigenvalue weighted by Gasteiger charge is -2.32. The van der Waals surface area contributed by atoms with Crippen LogP contribution in [0, 0.1) is 0 Å². The molecule has 1 aliphatic carbocycles. The van der Waals surface area contributed by atoms with Crippen molar-refractivity contribution >= 4 is 11.6 Å². The van der Waals surface area contributed by atoms with E-state index in [1.165, 1.54) is 37.0 Å². The molecule has 2 aliphatic rings. The van der Waals surface area contributed by atoms with Crippen LogP contribution in [0.3, 0.4) is 0 Å². The summed E-state index contributed by atoms with van der Waals surface area (Å²) in [6.45, 7) is 2.79. The Morgan fingerprint density at radius 3 is 2.63 bits per heavy atom. The zero-order valence-electron chi connectivity index (χ0n) is 17.1. The van der Waals surface area contributed by atoms with E-state index in [-0.39, 0.29) is 10.9 Å². The van der Waals surface area contributed by atoms with Gasteiger partial charge in [0.25, 0.3) is 0 Å². The van der Waals surface area contributed by atoms with Crippen LogP contribution in [0.25, 0.3) is 0 Å². The van der Waals surface area contributed by atoms with Gasteiger partial charge in [0, 0.05) is 12.0 Å². The number of nitrogens with zero attached hydrogens (tertiary/aromatic N) is 2. The van der Waals surface area contributed by atoms with Gasteiger partial charge < -0.3 is 9.42 Å². The maximum absolute atomic E-state index is 13.1. The molecule has 164 valence electrons. The molecule has 1 aromatic carbocycles. The van der Waals surface area contributed by atoms with E-state index in [0.29, 0.717) is 0 Å². The first-order valence-corrected chi connectivity index (χ1v) is 11.3. The summed E-state index contributed by atoms with van der Waals surface area (Å²) in [5, 5.41) is 4.05. The van der Waals surface area contributed by atoms with Gasteiger partial charge in [-0.15, -0.1) is 0 Å². The Labute approximate surface area is 180 Å². The van der Waals surface area contributed by atoms with E-state index < -0.39 is 11.7 Å². The van der Waals surface area contributed by atoms with Crippen molar-refractivity contribution in [2.45, 2.75) is 69.9 Å². The van der Waals surface area contributed by atoms with Crippen LogP contribution in [0.15, 0.2) is 22.7 Å². The number of hydrogen-bond donors (Lipinski definition) is 0. The van der Waals surface area contributed by atoms with Gasteiger partial charge >= 0.3 is 6.18 Å². The van der Waals surface area contributed by atoms with Crippen molar-refractivity contribution in [2.24, 2.45) is 0 Å². The minimum Gasteiger partial charge on any atom is -0.361 e. The fraction of sp³-hybridized carbons (Fsp3) is 0.609. The number of likely N-dealkylation sites (tertiary alicyclic amines) is 1. The summed E-state index contributed by atoms with van der Waals surface area (Å²) in [7, 11) is 0. The van der Waals surface area contributed by atoms with Crippen LogP contribution in [0.4, 0.5) is 13.2 Å². The smallest absolute Gasteiger partial charge is 0.361 e. The molecule has 0 bridgehead atoms. The van der Waals surface area contributed by atoms with Gasteiger partial charge in [-0.25, -0.2) is 0 Å². The van der Waals surface area contributed by atoms with Gasteiger partial charge in [0.1, 0.15) is 5.76 Å². The maximum Gasteiger partial charge on any atom is 0.417 e. The summed E-state index contributed by atoms with van der Waals surface area (Å²) in [6.07, 6.45) is 5.07. The molecule has 0 unspecified atom stereocenters. The van der Waals surface area contributed by atoms with E-state index in [1.807, 2.05) is 0 Å². The van der Waals surface area contributed by atoms with Gasteiger partial charge in [-0.1, -0.05) is 29.2 Å². The zero-order valence-corrected chi connectivity index (χ0v) is 17.9. The molecule has 2 aromatic rings. The van der Waals surface area contributed by atoms with E-state index in [2.05, 4.69) is 10.1 Å². The molecule has 30 heavy (non-hydrogen) atoms. The normalized spacial score (nSPS) is 18.9.